The Kier molecular flexibility index (Phi) is 4.73. The highest BCUT2D eigenvalue weighted by atomic mass is 19.1. The van der Waals surface area contributed by atoms with Crippen LogP contribution in [0.1, 0.15) is 25.3 Å². The van der Waals surface area contributed by atoms with Crippen molar-refractivity contribution in [3.05, 3.63) is 35.6 Å². The van der Waals surface area contributed by atoms with Crippen molar-refractivity contribution in [2.45, 2.75) is 25.3 Å². The minimum Gasteiger partial charge on any atom is -0.368 e. The molecule has 1 saturated heterocycles. The molecule has 1 aromatic rings. The summed E-state index contributed by atoms with van der Waals surface area (Å²) in [6.45, 7) is 5.29. The first-order valence-corrected chi connectivity index (χ1v) is 7.13. The fourth-order valence-electron chi connectivity index (χ4n) is 3.04. The Morgan fingerprint density at radius 3 is 2.65 bits per heavy atom. The molecule has 4 nitrogen and oxygen atoms in total. The maximum absolute atomic E-state index is 13.1. The van der Waals surface area contributed by atoms with Crippen molar-refractivity contribution in [3.63, 3.8) is 0 Å². The van der Waals surface area contributed by atoms with E-state index in [4.69, 9.17) is 5.73 Å². The molecule has 1 amide bonds. The topological polar surface area (TPSA) is 58.4 Å². The van der Waals surface area contributed by atoms with Crippen molar-refractivity contribution >= 4 is 5.91 Å². The van der Waals surface area contributed by atoms with Crippen LogP contribution in [0.4, 0.5) is 4.39 Å². The average Bonchev–Trinajstić information content (AvgIpc) is 2.71. The normalized spacial score (nSPS) is 20.1. The van der Waals surface area contributed by atoms with Gasteiger partial charge in [-0.25, -0.2) is 4.39 Å². The standard InChI is InChI=1S/C15H22FN3O/c1-2-15(14(17)20,12-4-6-13(16)7-5-12)19-10-3-8-18-9-11-19/h4-7,18H,2-3,8-11H2,1H3,(H2,17,20). The summed E-state index contributed by atoms with van der Waals surface area (Å²) in [5, 5.41) is 3.32. The Morgan fingerprint density at radius 1 is 1.35 bits per heavy atom. The molecular weight excluding hydrogens is 257 g/mol. The SMILES string of the molecule is CCC(C(N)=O)(c1ccc(F)cc1)N1CCCNCC1. The maximum Gasteiger partial charge on any atom is 0.242 e. The van der Waals surface area contributed by atoms with Crippen LogP contribution in [-0.4, -0.2) is 37.0 Å². The molecule has 1 fully saturated rings. The number of nitrogens with one attached hydrogen (secondary N) is 1. The monoisotopic (exact) mass is 279 g/mol. The number of hydrogen-bond acceptors (Lipinski definition) is 3. The van der Waals surface area contributed by atoms with Gasteiger partial charge in [0.1, 0.15) is 11.4 Å². The first-order valence-electron chi connectivity index (χ1n) is 7.13. The number of nitrogens with two attached hydrogens (primary N) is 1. The van der Waals surface area contributed by atoms with Crippen LogP contribution in [-0.2, 0) is 10.3 Å². The second-order valence-electron chi connectivity index (χ2n) is 5.18. The molecule has 0 radical (unpaired) electrons. The van der Waals surface area contributed by atoms with Gasteiger partial charge in [0.15, 0.2) is 0 Å². The molecule has 0 aliphatic carbocycles. The highest BCUT2D eigenvalue weighted by molar-refractivity contribution is 5.86. The summed E-state index contributed by atoms with van der Waals surface area (Å²) in [5.74, 6) is -0.672. The molecule has 1 aliphatic heterocycles. The third-order valence-corrected chi connectivity index (χ3v) is 4.12. The predicted octanol–water partition coefficient (Wildman–Crippen LogP) is 1.21. The fraction of sp³-hybridized carbons (Fsp3) is 0.533. The molecule has 1 aromatic carbocycles. The van der Waals surface area contributed by atoms with Gasteiger partial charge in [-0.2, -0.15) is 0 Å². The minimum atomic E-state index is -0.847. The second kappa shape index (κ2) is 6.33. The lowest BCUT2D eigenvalue weighted by Crippen LogP contribution is -2.55. The molecule has 0 bridgehead atoms. The van der Waals surface area contributed by atoms with Crippen LogP contribution in [0.5, 0.6) is 0 Å². The molecule has 5 heteroatoms. The number of amides is 1. The summed E-state index contributed by atoms with van der Waals surface area (Å²) in [5.41, 5.74) is 5.67. The minimum absolute atomic E-state index is 0.305. The van der Waals surface area contributed by atoms with Gasteiger partial charge < -0.3 is 11.1 Å². The quantitative estimate of drug-likeness (QED) is 0.871. The fourth-order valence-corrected chi connectivity index (χ4v) is 3.04. The molecule has 2 rings (SSSR count). The number of nitrogens with zero attached hydrogens (tertiary/aromatic N) is 1. The molecule has 20 heavy (non-hydrogen) atoms. The number of benzene rings is 1. The third-order valence-electron chi connectivity index (χ3n) is 4.12. The van der Waals surface area contributed by atoms with Crippen molar-refractivity contribution < 1.29 is 9.18 Å². The van der Waals surface area contributed by atoms with Gasteiger partial charge in [-0.3, -0.25) is 9.69 Å². The van der Waals surface area contributed by atoms with Crippen LogP contribution in [0.15, 0.2) is 24.3 Å². The summed E-state index contributed by atoms with van der Waals surface area (Å²) >= 11 is 0. The Morgan fingerprint density at radius 2 is 2.05 bits per heavy atom. The molecule has 0 saturated carbocycles. The van der Waals surface area contributed by atoms with E-state index < -0.39 is 5.54 Å². The number of carbonyl (C=O) groups is 1. The second-order valence-corrected chi connectivity index (χ2v) is 5.18. The zero-order chi connectivity index (χ0) is 14.6. The first kappa shape index (κ1) is 14.9. The van der Waals surface area contributed by atoms with Crippen molar-refractivity contribution in [2.24, 2.45) is 5.73 Å². The van der Waals surface area contributed by atoms with E-state index in [2.05, 4.69) is 10.2 Å². The summed E-state index contributed by atoms with van der Waals surface area (Å²) in [6, 6.07) is 6.11. The van der Waals surface area contributed by atoms with Gasteiger partial charge in [-0.05, 0) is 37.1 Å². The van der Waals surface area contributed by atoms with E-state index in [1.807, 2.05) is 6.92 Å². The van der Waals surface area contributed by atoms with E-state index in [9.17, 15) is 9.18 Å². The van der Waals surface area contributed by atoms with Gasteiger partial charge in [0, 0.05) is 19.6 Å². The lowest BCUT2D eigenvalue weighted by molar-refractivity contribution is -0.131. The van der Waals surface area contributed by atoms with Gasteiger partial charge in [-0.1, -0.05) is 19.1 Å². The molecule has 0 aromatic heterocycles. The molecule has 1 aliphatic rings. The maximum atomic E-state index is 13.1. The zero-order valence-corrected chi connectivity index (χ0v) is 11.9. The zero-order valence-electron chi connectivity index (χ0n) is 11.9. The van der Waals surface area contributed by atoms with Crippen molar-refractivity contribution in [1.29, 1.82) is 0 Å². The lowest BCUT2D eigenvalue weighted by Gasteiger charge is -2.41. The highest BCUT2D eigenvalue weighted by Gasteiger charge is 2.42. The van der Waals surface area contributed by atoms with E-state index in [0.29, 0.717) is 6.42 Å². The molecule has 0 spiro atoms. The summed E-state index contributed by atoms with van der Waals surface area (Å²) in [4.78, 5) is 14.3. The van der Waals surface area contributed by atoms with Crippen LogP contribution in [0.25, 0.3) is 0 Å². The van der Waals surface area contributed by atoms with Gasteiger partial charge >= 0.3 is 0 Å². The van der Waals surface area contributed by atoms with E-state index in [-0.39, 0.29) is 11.7 Å². The van der Waals surface area contributed by atoms with Crippen molar-refractivity contribution in [2.75, 3.05) is 26.2 Å². The smallest absolute Gasteiger partial charge is 0.242 e. The van der Waals surface area contributed by atoms with Crippen LogP contribution in [0.3, 0.4) is 0 Å². The molecule has 1 unspecified atom stereocenters. The molecular formula is C15H22FN3O. The largest absolute Gasteiger partial charge is 0.368 e. The molecule has 3 N–H and O–H groups in total. The Balaban J connectivity index is 2.43. The Hall–Kier alpha value is -1.46. The predicted molar refractivity (Wildman–Crippen MR) is 76.6 cm³/mol. The Labute approximate surface area is 119 Å². The third kappa shape index (κ3) is 2.69. The van der Waals surface area contributed by atoms with Crippen LogP contribution in [0, 0.1) is 5.82 Å². The van der Waals surface area contributed by atoms with Crippen LogP contribution >= 0.6 is 0 Å². The summed E-state index contributed by atoms with van der Waals surface area (Å²) < 4.78 is 13.1. The van der Waals surface area contributed by atoms with Gasteiger partial charge in [0.05, 0.1) is 0 Å². The van der Waals surface area contributed by atoms with E-state index in [1.165, 1.54) is 12.1 Å². The van der Waals surface area contributed by atoms with Crippen molar-refractivity contribution in [1.82, 2.24) is 10.2 Å². The first-order chi connectivity index (χ1) is 9.61. The van der Waals surface area contributed by atoms with E-state index in [0.717, 1.165) is 38.2 Å². The number of halogens is 1. The van der Waals surface area contributed by atoms with E-state index >= 15 is 0 Å². The van der Waals surface area contributed by atoms with Gasteiger partial charge in [0.2, 0.25) is 5.91 Å². The average molecular weight is 279 g/mol. The van der Waals surface area contributed by atoms with Gasteiger partial charge in [-0.15, -0.1) is 0 Å². The van der Waals surface area contributed by atoms with Crippen LogP contribution in [0.2, 0.25) is 0 Å². The molecule has 1 heterocycles. The van der Waals surface area contributed by atoms with Crippen molar-refractivity contribution in [3.8, 4) is 0 Å². The number of hydrogen-bond donors (Lipinski definition) is 2. The Bertz CT molecular complexity index is 455. The highest BCUT2D eigenvalue weighted by Crippen LogP contribution is 2.32. The summed E-state index contributed by atoms with van der Waals surface area (Å²) in [6.07, 6.45) is 1.55. The van der Waals surface area contributed by atoms with Crippen LogP contribution < -0.4 is 11.1 Å². The molecule has 1 atom stereocenters. The number of rotatable bonds is 4. The number of primary amides is 1. The summed E-state index contributed by atoms with van der Waals surface area (Å²) in [7, 11) is 0. The number of carbonyl (C=O) groups excluding carboxylic acids is 1. The van der Waals surface area contributed by atoms with Gasteiger partial charge in [0.25, 0.3) is 0 Å². The molecule has 110 valence electrons. The lowest BCUT2D eigenvalue weighted by atomic mass is 9.84. The van der Waals surface area contributed by atoms with E-state index in [1.54, 1.807) is 12.1 Å².